The molecule has 3 rings (SSSR count). The van der Waals surface area contributed by atoms with Gasteiger partial charge in [-0.05, 0) is 37.8 Å². The number of carbonyl (C=O) groups is 1. The molecule has 24 heavy (non-hydrogen) atoms. The number of carbonyl (C=O) groups excluding carboxylic acids is 1. The largest absolute Gasteiger partial charge is 0.463 e. The number of nitrogens with one attached hydrogen (secondary N) is 1. The quantitative estimate of drug-likeness (QED) is 0.661. The van der Waals surface area contributed by atoms with Crippen molar-refractivity contribution in [2.75, 3.05) is 18.2 Å². The van der Waals surface area contributed by atoms with E-state index in [4.69, 9.17) is 16.3 Å². The summed E-state index contributed by atoms with van der Waals surface area (Å²) < 4.78 is 6.96. The topological polar surface area (TPSA) is 69.0 Å². The molecule has 1 aliphatic rings. The van der Waals surface area contributed by atoms with Crippen LogP contribution in [0.3, 0.4) is 0 Å². The molecule has 6 nitrogen and oxygen atoms in total. The van der Waals surface area contributed by atoms with Gasteiger partial charge in [-0.3, -0.25) is 0 Å². The molecule has 0 bridgehead atoms. The standard InChI is InChI=1S/C16H17ClN4O2S/c1-4-23-14(22)12-9(2)18-15-19-16(24-3)20-21(15)13(12)10-5-7-11(17)8-6-10/h5-8,13H,4H2,1-3H3,(H,18,19,20)/t13-/m0/s1. The zero-order valence-electron chi connectivity index (χ0n) is 13.5. The molecule has 0 spiro atoms. The van der Waals surface area contributed by atoms with Crippen LogP contribution in [0.15, 0.2) is 40.7 Å². The summed E-state index contributed by atoms with van der Waals surface area (Å²) in [6.45, 7) is 3.93. The third-order valence-electron chi connectivity index (χ3n) is 3.70. The average Bonchev–Trinajstić information content (AvgIpc) is 2.97. The van der Waals surface area contributed by atoms with Crippen LogP contribution >= 0.6 is 23.4 Å². The van der Waals surface area contributed by atoms with E-state index < -0.39 is 6.04 Å². The normalized spacial score (nSPS) is 16.6. The SMILES string of the molecule is CCOC(=O)C1=C(C)Nc2nc(SC)nn2[C@H]1c1ccc(Cl)cc1. The number of benzene rings is 1. The minimum Gasteiger partial charge on any atom is -0.463 e. The predicted molar refractivity (Wildman–Crippen MR) is 94.3 cm³/mol. The lowest BCUT2D eigenvalue weighted by molar-refractivity contribution is -0.139. The van der Waals surface area contributed by atoms with Gasteiger partial charge in [0.2, 0.25) is 11.1 Å². The molecule has 126 valence electrons. The van der Waals surface area contributed by atoms with Gasteiger partial charge in [-0.15, -0.1) is 5.10 Å². The number of esters is 1. The van der Waals surface area contributed by atoms with Crippen molar-refractivity contribution in [1.82, 2.24) is 14.8 Å². The van der Waals surface area contributed by atoms with Crippen LogP contribution in [0.5, 0.6) is 0 Å². The maximum atomic E-state index is 12.5. The highest BCUT2D eigenvalue weighted by molar-refractivity contribution is 7.98. The second-order valence-electron chi connectivity index (χ2n) is 5.20. The third kappa shape index (κ3) is 3.01. The van der Waals surface area contributed by atoms with E-state index in [1.165, 1.54) is 11.8 Å². The number of anilines is 1. The highest BCUT2D eigenvalue weighted by atomic mass is 35.5. The zero-order chi connectivity index (χ0) is 17.3. The van der Waals surface area contributed by atoms with Crippen molar-refractivity contribution in [3.63, 3.8) is 0 Å². The number of rotatable bonds is 4. The molecule has 2 heterocycles. The van der Waals surface area contributed by atoms with E-state index in [2.05, 4.69) is 15.4 Å². The van der Waals surface area contributed by atoms with Crippen molar-refractivity contribution in [1.29, 1.82) is 0 Å². The highest BCUT2D eigenvalue weighted by Crippen LogP contribution is 2.36. The Balaban J connectivity index is 2.15. The van der Waals surface area contributed by atoms with Crippen molar-refractivity contribution < 1.29 is 9.53 Å². The Bertz CT molecular complexity index is 801. The van der Waals surface area contributed by atoms with Gasteiger partial charge in [0.25, 0.3) is 0 Å². The summed E-state index contributed by atoms with van der Waals surface area (Å²) in [5.41, 5.74) is 2.12. The third-order valence-corrected chi connectivity index (χ3v) is 4.49. The maximum Gasteiger partial charge on any atom is 0.338 e. The molecule has 0 amide bonds. The van der Waals surface area contributed by atoms with Gasteiger partial charge in [-0.1, -0.05) is 35.5 Å². The fourth-order valence-electron chi connectivity index (χ4n) is 2.64. The van der Waals surface area contributed by atoms with Gasteiger partial charge in [0.15, 0.2) is 0 Å². The van der Waals surface area contributed by atoms with E-state index in [1.807, 2.05) is 25.3 Å². The van der Waals surface area contributed by atoms with Crippen LogP contribution in [0.4, 0.5) is 5.95 Å². The summed E-state index contributed by atoms with van der Waals surface area (Å²) in [4.78, 5) is 17.0. The van der Waals surface area contributed by atoms with Crippen LogP contribution < -0.4 is 5.32 Å². The van der Waals surface area contributed by atoms with Gasteiger partial charge in [0.05, 0.1) is 12.2 Å². The van der Waals surface area contributed by atoms with E-state index in [-0.39, 0.29) is 5.97 Å². The summed E-state index contributed by atoms with van der Waals surface area (Å²) in [6, 6.07) is 6.95. The zero-order valence-corrected chi connectivity index (χ0v) is 15.1. The predicted octanol–water partition coefficient (Wildman–Crippen LogP) is 3.51. The molecule has 0 fully saturated rings. The van der Waals surface area contributed by atoms with E-state index >= 15 is 0 Å². The number of halogens is 1. The summed E-state index contributed by atoms with van der Waals surface area (Å²) in [5.74, 6) is 0.235. The van der Waals surface area contributed by atoms with Crippen LogP contribution in [0.25, 0.3) is 0 Å². The first kappa shape index (κ1) is 16.9. The first-order chi connectivity index (χ1) is 11.5. The molecule has 1 aromatic heterocycles. The first-order valence-electron chi connectivity index (χ1n) is 7.46. The average molecular weight is 365 g/mol. The van der Waals surface area contributed by atoms with Gasteiger partial charge in [-0.25, -0.2) is 9.48 Å². The molecule has 1 aliphatic heterocycles. The minimum atomic E-state index is -0.411. The Kier molecular flexibility index (Phi) is 4.82. The van der Waals surface area contributed by atoms with Crippen molar-refractivity contribution in [2.45, 2.75) is 25.0 Å². The number of allylic oxidation sites excluding steroid dienone is 1. The fourth-order valence-corrected chi connectivity index (χ4v) is 3.12. The monoisotopic (exact) mass is 364 g/mol. The van der Waals surface area contributed by atoms with Crippen molar-refractivity contribution >= 4 is 35.3 Å². The lowest BCUT2D eigenvalue weighted by Gasteiger charge is -2.28. The Labute approximate surface area is 149 Å². The smallest absolute Gasteiger partial charge is 0.338 e. The molecule has 8 heteroatoms. The lowest BCUT2D eigenvalue weighted by atomic mass is 9.96. The molecule has 0 radical (unpaired) electrons. The Morgan fingerprint density at radius 1 is 1.42 bits per heavy atom. The Morgan fingerprint density at radius 2 is 2.12 bits per heavy atom. The first-order valence-corrected chi connectivity index (χ1v) is 9.06. The fraction of sp³-hybridized carbons (Fsp3) is 0.312. The molecule has 0 aliphatic carbocycles. The van der Waals surface area contributed by atoms with Crippen LogP contribution in [-0.2, 0) is 9.53 Å². The number of thioether (sulfide) groups is 1. The van der Waals surface area contributed by atoms with Gasteiger partial charge in [0, 0.05) is 10.7 Å². The Morgan fingerprint density at radius 3 is 2.75 bits per heavy atom. The molecule has 0 unspecified atom stereocenters. The lowest BCUT2D eigenvalue weighted by Crippen LogP contribution is -2.29. The second kappa shape index (κ2) is 6.86. The molecule has 1 N–H and O–H groups in total. The van der Waals surface area contributed by atoms with Crippen molar-refractivity contribution in [3.05, 3.63) is 46.1 Å². The molecule has 1 aromatic carbocycles. The van der Waals surface area contributed by atoms with Crippen LogP contribution in [0, 0.1) is 0 Å². The number of fused-ring (bicyclic) bond motifs is 1. The molecule has 2 aromatic rings. The van der Waals surface area contributed by atoms with E-state index in [1.54, 1.807) is 23.7 Å². The van der Waals surface area contributed by atoms with Crippen LogP contribution in [0.2, 0.25) is 5.02 Å². The molecule has 1 atom stereocenters. The van der Waals surface area contributed by atoms with E-state index in [9.17, 15) is 4.79 Å². The van der Waals surface area contributed by atoms with Gasteiger partial charge >= 0.3 is 5.97 Å². The van der Waals surface area contributed by atoms with E-state index in [0.717, 1.165) is 5.56 Å². The van der Waals surface area contributed by atoms with Gasteiger partial charge in [0.1, 0.15) is 6.04 Å². The highest BCUT2D eigenvalue weighted by Gasteiger charge is 2.34. The number of hydrogen-bond donors (Lipinski definition) is 1. The minimum absolute atomic E-state index is 0.309. The molecular weight excluding hydrogens is 348 g/mol. The summed E-state index contributed by atoms with van der Waals surface area (Å²) in [7, 11) is 0. The summed E-state index contributed by atoms with van der Waals surface area (Å²) in [5, 5.41) is 8.92. The van der Waals surface area contributed by atoms with Gasteiger partial charge < -0.3 is 10.1 Å². The Hall–Kier alpha value is -1.99. The van der Waals surface area contributed by atoms with Gasteiger partial charge in [-0.2, -0.15) is 4.98 Å². The summed E-state index contributed by atoms with van der Waals surface area (Å²) in [6.07, 6.45) is 1.91. The van der Waals surface area contributed by atoms with Crippen LogP contribution in [-0.4, -0.2) is 33.6 Å². The van der Waals surface area contributed by atoms with Crippen molar-refractivity contribution in [3.8, 4) is 0 Å². The molecule has 0 saturated carbocycles. The number of hydrogen-bond acceptors (Lipinski definition) is 6. The molecular formula is C16H17ClN4O2S. The summed E-state index contributed by atoms with van der Waals surface area (Å²) >= 11 is 7.44. The number of aromatic nitrogens is 3. The number of ether oxygens (including phenoxy) is 1. The maximum absolute atomic E-state index is 12.5. The van der Waals surface area contributed by atoms with Crippen molar-refractivity contribution in [2.24, 2.45) is 0 Å². The molecule has 0 saturated heterocycles. The number of nitrogens with zero attached hydrogens (tertiary/aromatic N) is 3. The van der Waals surface area contributed by atoms with Crippen LogP contribution in [0.1, 0.15) is 25.5 Å². The second-order valence-corrected chi connectivity index (χ2v) is 6.41. The van der Waals surface area contributed by atoms with E-state index in [0.29, 0.717) is 34.0 Å².